The van der Waals surface area contributed by atoms with Crippen molar-refractivity contribution in [1.29, 1.82) is 5.26 Å². The van der Waals surface area contributed by atoms with Crippen LogP contribution >= 0.6 is 0 Å². The Hall–Kier alpha value is -0.550. The first-order valence-corrected chi connectivity index (χ1v) is 4.98. The first kappa shape index (κ1) is 9.54. The molecule has 0 spiro atoms. The molecule has 0 saturated heterocycles. The molecule has 1 N–H and O–H groups in total. The van der Waals surface area contributed by atoms with E-state index in [1.807, 2.05) is 0 Å². The maximum atomic E-state index is 8.44. The van der Waals surface area contributed by atoms with Crippen LogP contribution in [0.1, 0.15) is 39.0 Å². The largest absolute Gasteiger partial charge is 0.301 e. The minimum absolute atomic E-state index is 0.515. The normalized spacial score (nSPS) is 29.7. The van der Waals surface area contributed by atoms with Crippen molar-refractivity contribution in [2.45, 2.75) is 45.1 Å². The third-order valence-corrected chi connectivity index (χ3v) is 2.88. The molecule has 0 amide bonds. The molecule has 2 atom stereocenters. The zero-order valence-corrected chi connectivity index (χ0v) is 7.84. The zero-order chi connectivity index (χ0) is 8.81. The summed E-state index contributed by atoms with van der Waals surface area (Å²) in [7, 11) is 0. The number of nitriles is 1. The van der Waals surface area contributed by atoms with E-state index in [4.69, 9.17) is 5.26 Å². The molecule has 0 radical (unpaired) electrons. The highest BCUT2D eigenvalue weighted by atomic mass is 14.9. The van der Waals surface area contributed by atoms with E-state index in [-0.39, 0.29) is 0 Å². The fraction of sp³-hybridized carbons (Fsp3) is 0.900. The third-order valence-electron chi connectivity index (χ3n) is 2.88. The molecule has 2 heteroatoms. The lowest BCUT2D eigenvalue weighted by Crippen LogP contribution is -2.38. The lowest BCUT2D eigenvalue weighted by molar-refractivity contribution is 0.262. The summed E-state index contributed by atoms with van der Waals surface area (Å²) in [6.07, 6.45) is 6.58. The lowest BCUT2D eigenvalue weighted by atomic mass is 9.83. The van der Waals surface area contributed by atoms with Crippen molar-refractivity contribution >= 4 is 0 Å². The Morgan fingerprint density at radius 3 is 2.83 bits per heavy atom. The van der Waals surface area contributed by atoms with E-state index in [1.165, 1.54) is 32.1 Å². The van der Waals surface area contributed by atoms with Crippen molar-refractivity contribution in [3.8, 4) is 6.07 Å². The molecule has 2 unspecified atom stereocenters. The van der Waals surface area contributed by atoms with Gasteiger partial charge in [-0.1, -0.05) is 26.2 Å². The van der Waals surface area contributed by atoms with Gasteiger partial charge in [-0.3, -0.25) is 0 Å². The smallest absolute Gasteiger partial charge is 0.0843 e. The summed E-state index contributed by atoms with van der Waals surface area (Å²) in [6, 6.07) is 2.76. The van der Waals surface area contributed by atoms with Gasteiger partial charge < -0.3 is 5.32 Å². The summed E-state index contributed by atoms with van der Waals surface area (Å²) in [6.45, 7) is 2.76. The van der Waals surface area contributed by atoms with Gasteiger partial charge in [0, 0.05) is 6.04 Å². The molecule has 68 valence electrons. The van der Waals surface area contributed by atoms with Crippen LogP contribution in [-0.2, 0) is 0 Å². The lowest BCUT2D eigenvalue weighted by Gasteiger charge is -2.30. The molecule has 2 nitrogen and oxygen atoms in total. The van der Waals surface area contributed by atoms with Crippen LogP contribution in [0.5, 0.6) is 0 Å². The molecule has 0 aliphatic heterocycles. The Bertz CT molecular complexity index is 160. The van der Waals surface area contributed by atoms with E-state index in [2.05, 4.69) is 18.3 Å². The summed E-state index contributed by atoms with van der Waals surface area (Å²) in [5, 5.41) is 11.8. The van der Waals surface area contributed by atoms with Crippen LogP contribution in [0.3, 0.4) is 0 Å². The fourth-order valence-electron chi connectivity index (χ4n) is 2.14. The summed E-state index contributed by atoms with van der Waals surface area (Å²) in [5.41, 5.74) is 0. The second-order valence-electron chi connectivity index (χ2n) is 3.60. The highest BCUT2D eigenvalue weighted by Crippen LogP contribution is 2.26. The van der Waals surface area contributed by atoms with Crippen LogP contribution < -0.4 is 5.32 Å². The Balaban J connectivity index is 2.32. The van der Waals surface area contributed by atoms with Crippen LogP contribution in [0.25, 0.3) is 0 Å². The number of nitrogens with zero attached hydrogens (tertiary/aromatic N) is 1. The highest BCUT2D eigenvalue weighted by Gasteiger charge is 2.22. The van der Waals surface area contributed by atoms with Crippen molar-refractivity contribution in [1.82, 2.24) is 5.32 Å². The predicted molar refractivity (Wildman–Crippen MR) is 49.7 cm³/mol. The molecule has 1 aliphatic rings. The Morgan fingerprint density at radius 1 is 1.42 bits per heavy atom. The van der Waals surface area contributed by atoms with Crippen LogP contribution in [0.4, 0.5) is 0 Å². The monoisotopic (exact) mass is 166 g/mol. The molecule has 0 aromatic heterocycles. The van der Waals surface area contributed by atoms with E-state index < -0.39 is 0 Å². The standard InChI is InChI=1S/C10H18N2/c1-2-9-5-3-4-6-10(9)12-8-7-11/h9-10,12H,2-6,8H2,1H3. The molecule has 0 bridgehead atoms. The highest BCUT2D eigenvalue weighted by molar-refractivity contribution is 4.84. The minimum atomic E-state index is 0.515. The summed E-state index contributed by atoms with van der Waals surface area (Å²) >= 11 is 0. The van der Waals surface area contributed by atoms with Gasteiger partial charge in [0.1, 0.15) is 0 Å². The fourth-order valence-corrected chi connectivity index (χ4v) is 2.14. The predicted octanol–water partition coefficient (Wildman–Crippen LogP) is 2.07. The van der Waals surface area contributed by atoms with Crippen molar-refractivity contribution in [3.05, 3.63) is 0 Å². The van der Waals surface area contributed by atoms with Crippen molar-refractivity contribution in [2.75, 3.05) is 6.54 Å². The molecule has 1 rings (SSSR count). The van der Waals surface area contributed by atoms with E-state index in [0.717, 1.165) is 5.92 Å². The van der Waals surface area contributed by atoms with Gasteiger partial charge in [-0.15, -0.1) is 0 Å². The SMILES string of the molecule is CCC1CCCCC1NCC#N. The van der Waals surface area contributed by atoms with E-state index in [0.29, 0.717) is 12.6 Å². The van der Waals surface area contributed by atoms with Gasteiger partial charge in [-0.05, 0) is 18.8 Å². The minimum Gasteiger partial charge on any atom is -0.301 e. The second kappa shape index (κ2) is 5.16. The molecule has 1 fully saturated rings. The molecule has 0 aromatic carbocycles. The van der Waals surface area contributed by atoms with E-state index >= 15 is 0 Å². The first-order chi connectivity index (χ1) is 5.88. The quantitative estimate of drug-likeness (QED) is 0.651. The Labute approximate surface area is 75.0 Å². The second-order valence-corrected chi connectivity index (χ2v) is 3.60. The number of nitrogens with one attached hydrogen (secondary N) is 1. The average molecular weight is 166 g/mol. The third kappa shape index (κ3) is 2.49. The summed E-state index contributed by atoms with van der Waals surface area (Å²) in [4.78, 5) is 0. The van der Waals surface area contributed by atoms with Crippen molar-refractivity contribution < 1.29 is 0 Å². The molecular formula is C10H18N2. The van der Waals surface area contributed by atoms with Gasteiger partial charge >= 0.3 is 0 Å². The molecule has 0 aromatic rings. The van der Waals surface area contributed by atoms with Crippen LogP contribution in [0, 0.1) is 17.2 Å². The Kier molecular flexibility index (Phi) is 4.10. The van der Waals surface area contributed by atoms with Gasteiger partial charge in [0.15, 0.2) is 0 Å². The molecule has 0 heterocycles. The molecule has 1 saturated carbocycles. The zero-order valence-electron chi connectivity index (χ0n) is 7.84. The van der Waals surface area contributed by atoms with Crippen LogP contribution in [0.2, 0.25) is 0 Å². The maximum absolute atomic E-state index is 8.44. The van der Waals surface area contributed by atoms with Gasteiger partial charge in [0.05, 0.1) is 12.6 Å². The van der Waals surface area contributed by atoms with Crippen LogP contribution in [-0.4, -0.2) is 12.6 Å². The van der Waals surface area contributed by atoms with E-state index in [1.54, 1.807) is 0 Å². The van der Waals surface area contributed by atoms with Gasteiger partial charge in [0.25, 0.3) is 0 Å². The number of hydrogen-bond acceptors (Lipinski definition) is 2. The van der Waals surface area contributed by atoms with Crippen LogP contribution in [0.15, 0.2) is 0 Å². The van der Waals surface area contributed by atoms with Gasteiger partial charge in [-0.25, -0.2) is 0 Å². The topological polar surface area (TPSA) is 35.8 Å². The van der Waals surface area contributed by atoms with Crippen molar-refractivity contribution in [3.63, 3.8) is 0 Å². The summed E-state index contributed by atoms with van der Waals surface area (Å²) in [5.74, 6) is 0.812. The van der Waals surface area contributed by atoms with Gasteiger partial charge in [0.2, 0.25) is 0 Å². The van der Waals surface area contributed by atoms with Gasteiger partial charge in [-0.2, -0.15) is 5.26 Å². The molecule has 1 aliphatic carbocycles. The first-order valence-electron chi connectivity index (χ1n) is 4.98. The molecule has 12 heavy (non-hydrogen) atoms. The van der Waals surface area contributed by atoms with Crippen molar-refractivity contribution in [2.24, 2.45) is 5.92 Å². The van der Waals surface area contributed by atoms with E-state index in [9.17, 15) is 0 Å². The average Bonchev–Trinajstić information content (AvgIpc) is 2.15. The number of hydrogen-bond donors (Lipinski definition) is 1. The maximum Gasteiger partial charge on any atom is 0.0843 e. The Morgan fingerprint density at radius 2 is 2.17 bits per heavy atom. The summed E-state index contributed by atoms with van der Waals surface area (Å²) < 4.78 is 0. The number of rotatable bonds is 3. The molecular weight excluding hydrogens is 148 g/mol.